The van der Waals surface area contributed by atoms with E-state index in [4.69, 9.17) is 19.1 Å². The van der Waals surface area contributed by atoms with Crippen LogP contribution in [0.1, 0.15) is 79.6 Å². The third kappa shape index (κ3) is 12.5. The minimum Gasteiger partial charge on any atom is -0.463 e. The summed E-state index contributed by atoms with van der Waals surface area (Å²) in [7, 11) is 0. The van der Waals surface area contributed by atoms with E-state index in [1.165, 1.54) is 34.6 Å². The summed E-state index contributed by atoms with van der Waals surface area (Å²) >= 11 is 6.31. The highest BCUT2D eigenvalue weighted by molar-refractivity contribution is 9.10. The molecule has 2 aliphatic rings. The van der Waals surface area contributed by atoms with Gasteiger partial charge in [0.1, 0.15) is 33.3 Å². The van der Waals surface area contributed by atoms with Gasteiger partial charge >= 0.3 is 23.9 Å². The van der Waals surface area contributed by atoms with Crippen molar-refractivity contribution in [3.8, 4) is 0 Å². The van der Waals surface area contributed by atoms with E-state index >= 15 is 0 Å². The van der Waals surface area contributed by atoms with Crippen molar-refractivity contribution in [2.24, 2.45) is 5.41 Å². The number of imide groups is 2. The van der Waals surface area contributed by atoms with E-state index in [0.717, 1.165) is 0 Å². The largest absolute Gasteiger partial charge is 0.463 e. The smallest absolute Gasteiger partial charge is 0.334 e. The van der Waals surface area contributed by atoms with Crippen LogP contribution >= 0.6 is 31.9 Å². The molecule has 0 aliphatic carbocycles. The van der Waals surface area contributed by atoms with E-state index in [2.05, 4.69) is 42.5 Å². The number of hydroxylamine groups is 4. The third-order valence-electron chi connectivity index (χ3n) is 6.85. The Morgan fingerprint density at radius 3 is 1.47 bits per heavy atom. The second-order valence-corrected chi connectivity index (χ2v) is 16.3. The fourth-order valence-electron chi connectivity index (χ4n) is 3.85. The predicted octanol–water partition coefficient (Wildman–Crippen LogP) is 0.412. The normalized spacial score (nSPS) is 15.9. The van der Waals surface area contributed by atoms with Crippen LogP contribution in [-0.2, 0) is 67.1 Å². The maximum Gasteiger partial charge on any atom is 0.334 e. The number of esters is 2. The Morgan fingerprint density at radius 2 is 1.08 bits per heavy atom. The zero-order valence-corrected chi connectivity index (χ0v) is 30.7. The third-order valence-corrected chi connectivity index (χ3v) is 7.50. The SMILES string of the molecule is CC(C)(Br)C(=O)OCC(C)(COC(=O)C(C)(C)Br)C(=O)NC(CCC(=O)ON1C(=O)CCC1=O)C(=O)NCCC(=O)ON1C(=O)CCC1=O. The first-order chi connectivity index (χ1) is 22.5. The number of nitrogens with zero attached hydrogens (tertiary/aromatic N) is 2. The van der Waals surface area contributed by atoms with Crippen LogP contribution in [0.15, 0.2) is 0 Å². The summed E-state index contributed by atoms with van der Waals surface area (Å²) < 4.78 is 8.33. The van der Waals surface area contributed by atoms with Crippen molar-refractivity contribution in [1.82, 2.24) is 20.8 Å². The molecular formula is C29H38Br2N4O14. The molecule has 18 nitrogen and oxygen atoms in total. The van der Waals surface area contributed by atoms with Crippen LogP contribution in [0.4, 0.5) is 0 Å². The Morgan fingerprint density at radius 1 is 0.694 bits per heavy atom. The molecule has 2 saturated heterocycles. The maximum absolute atomic E-state index is 13.7. The first kappa shape index (κ1) is 41.2. The van der Waals surface area contributed by atoms with Gasteiger partial charge in [-0.2, -0.15) is 0 Å². The second kappa shape index (κ2) is 17.1. The summed E-state index contributed by atoms with van der Waals surface area (Å²) in [6.07, 6.45) is -2.08. The summed E-state index contributed by atoms with van der Waals surface area (Å²) in [5, 5.41) is 5.45. The van der Waals surface area contributed by atoms with Crippen LogP contribution in [-0.4, -0.2) is 104 Å². The summed E-state index contributed by atoms with van der Waals surface area (Å²) in [5.74, 6) is -8.35. The van der Waals surface area contributed by atoms with Gasteiger partial charge in [-0.15, -0.1) is 10.1 Å². The molecule has 2 aliphatic heterocycles. The summed E-state index contributed by atoms with van der Waals surface area (Å²) in [6.45, 7) is 5.68. The van der Waals surface area contributed by atoms with Crippen LogP contribution in [0.5, 0.6) is 0 Å². The van der Waals surface area contributed by atoms with Crippen LogP contribution in [0.2, 0.25) is 0 Å². The molecule has 0 aromatic carbocycles. The van der Waals surface area contributed by atoms with Crippen LogP contribution in [0.3, 0.4) is 0 Å². The lowest BCUT2D eigenvalue weighted by Crippen LogP contribution is -2.54. The number of ether oxygens (including phenoxy) is 2. The highest BCUT2D eigenvalue weighted by Crippen LogP contribution is 2.25. The quantitative estimate of drug-likeness (QED) is 0.115. The molecule has 49 heavy (non-hydrogen) atoms. The predicted molar refractivity (Wildman–Crippen MR) is 169 cm³/mol. The molecule has 0 bridgehead atoms. The van der Waals surface area contributed by atoms with Gasteiger partial charge in [0.05, 0.1) is 12.8 Å². The second-order valence-electron chi connectivity index (χ2n) is 12.4. The van der Waals surface area contributed by atoms with Crippen molar-refractivity contribution in [1.29, 1.82) is 0 Å². The fraction of sp³-hybridized carbons (Fsp3) is 0.655. The molecular weight excluding hydrogens is 788 g/mol. The van der Waals surface area contributed by atoms with Crippen LogP contribution in [0.25, 0.3) is 0 Å². The number of carbonyl (C=O) groups excluding carboxylic acids is 10. The number of halogens is 2. The molecule has 20 heteroatoms. The Bertz CT molecular complexity index is 1330. The minimum atomic E-state index is -1.78. The monoisotopic (exact) mass is 824 g/mol. The zero-order chi connectivity index (χ0) is 37.3. The van der Waals surface area contributed by atoms with Crippen molar-refractivity contribution < 1.29 is 67.1 Å². The van der Waals surface area contributed by atoms with Gasteiger partial charge in [-0.1, -0.05) is 31.9 Å². The van der Waals surface area contributed by atoms with Crippen LogP contribution < -0.4 is 10.6 Å². The first-order valence-corrected chi connectivity index (χ1v) is 16.6. The molecule has 272 valence electrons. The standard InChI is InChI=1S/C29H38Br2N4O14/c1-27(2,30)25(44)46-14-29(5,15-47-26(45)28(3,4)31)24(43)33-16(6-11-21(40)48-34-17(36)7-8-18(34)37)23(42)32-13-12-22(41)49-35-19(38)9-10-20(35)39/h16H,6-15H2,1-5H3,(H,32,42)(H,33,43). The van der Waals surface area contributed by atoms with Crippen LogP contribution in [0, 0.1) is 5.41 Å². The lowest BCUT2D eigenvalue weighted by molar-refractivity contribution is -0.197. The lowest BCUT2D eigenvalue weighted by atomic mass is 9.90. The highest BCUT2D eigenvalue weighted by atomic mass is 79.9. The van der Waals surface area contributed by atoms with Crippen molar-refractivity contribution in [3.63, 3.8) is 0 Å². The van der Waals surface area contributed by atoms with E-state index in [9.17, 15) is 47.9 Å². The van der Waals surface area contributed by atoms with Gasteiger partial charge in [0.15, 0.2) is 0 Å². The van der Waals surface area contributed by atoms with E-state index in [-0.39, 0.29) is 25.7 Å². The summed E-state index contributed by atoms with van der Waals surface area (Å²) in [4.78, 5) is 133. The van der Waals surface area contributed by atoms with E-state index in [1.807, 2.05) is 0 Å². The van der Waals surface area contributed by atoms with E-state index < -0.39 is 118 Å². The first-order valence-electron chi connectivity index (χ1n) is 15.0. The number of amides is 6. The Labute approximate surface area is 297 Å². The van der Waals surface area contributed by atoms with E-state index in [1.54, 1.807) is 0 Å². The molecule has 6 amide bonds. The van der Waals surface area contributed by atoms with Gasteiger partial charge in [0.25, 0.3) is 23.6 Å². The van der Waals surface area contributed by atoms with Crippen molar-refractivity contribution >= 4 is 91.2 Å². The molecule has 0 spiro atoms. The topological polar surface area (TPSA) is 238 Å². The Balaban J connectivity index is 2.20. The number of alkyl halides is 2. The molecule has 0 aromatic rings. The number of hydrogen-bond donors (Lipinski definition) is 2. The van der Waals surface area contributed by atoms with Gasteiger partial charge in [-0.25, -0.2) is 9.59 Å². The molecule has 0 radical (unpaired) electrons. The van der Waals surface area contributed by atoms with E-state index in [0.29, 0.717) is 10.1 Å². The van der Waals surface area contributed by atoms with Crippen molar-refractivity contribution in [2.75, 3.05) is 19.8 Å². The van der Waals surface area contributed by atoms with Gasteiger partial charge in [-0.05, 0) is 41.0 Å². The number of carbonyl (C=O) groups is 10. The zero-order valence-electron chi connectivity index (χ0n) is 27.5. The number of rotatable bonds is 17. The maximum atomic E-state index is 13.7. The Hall–Kier alpha value is -3.94. The average molecular weight is 826 g/mol. The summed E-state index contributed by atoms with van der Waals surface area (Å²) in [5.41, 5.74) is -1.78. The number of nitrogens with one attached hydrogen (secondary N) is 2. The van der Waals surface area contributed by atoms with Gasteiger partial charge in [-0.3, -0.25) is 38.4 Å². The van der Waals surface area contributed by atoms with Gasteiger partial charge < -0.3 is 29.8 Å². The molecule has 1 atom stereocenters. The minimum absolute atomic E-state index is 0.119. The summed E-state index contributed by atoms with van der Waals surface area (Å²) in [6, 6.07) is -1.53. The van der Waals surface area contributed by atoms with Crippen molar-refractivity contribution in [3.05, 3.63) is 0 Å². The molecule has 0 saturated carbocycles. The molecule has 2 N–H and O–H groups in total. The molecule has 1 unspecified atom stereocenters. The van der Waals surface area contributed by atoms with Crippen molar-refractivity contribution in [2.45, 2.75) is 94.3 Å². The number of hydrogen-bond acceptors (Lipinski definition) is 14. The highest BCUT2D eigenvalue weighted by Gasteiger charge is 2.42. The molecule has 0 aromatic heterocycles. The molecule has 2 fully saturated rings. The van der Waals surface area contributed by atoms with Gasteiger partial charge in [0, 0.05) is 32.2 Å². The average Bonchev–Trinajstić information content (AvgIpc) is 3.49. The lowest BCUT2D eigenvalue weighted by Gasteiger charge is -2.31. The fourth-order valence-corrected chi connectivity index (χ4v) is 4.08. The molecule has 2 rings (SSSR count). The molecule has 2 heterocycles. The Kier molecular flexibility index (Phi) is 14.4. The van der Waals surface area contributed by atoms with Gasteiger partial charge in [0.2, 0.25) is 11.8 Å².